The number of aryl methyl sites for hydroxylation is 1. The van der Waals surface area contributed by atoms with Gasteiger partial charge in [0.05, 0.1) is 19.8 Å². The molecule has 0 radical (unpaired) electrons. The van der Waals surface area contributed by atoms with E-state index in [0.29, 0.717) is 51.9 Å². The Morgan fingerprint density at radius 1 is 1.06 bits per heavy atom. The quantitative estimate of drug-likeness (QED) is 0.817. The molecule has 7 nitrogen and oxygen atoms in total. The predicted octanol–water partition coefficient (Wildman–Crippen LogP) is 1.91. The van der Waals surface area contributed by atoms with Crippen LogP contribution in [0.25, 0.3) is 10.9 Å². The molecule has 1 unspecified atom stereocenters. The van der Waals surface area contributed by atoms with Crippen molar-refractivity contribution in [3.63, 3.8) is 0 Å². The molecule has 0 bridgehead atoms. The molecule has 166 valence electrons. The zero-order valence-corrected chi connectivity index (χ0v) is 18.4. The molecule has 31 heavy (non-hydrogen) atoms. The number of rotatable bonds is 3. The van der Waals surface area contributed by atoms with E-state index in [2.05, 4.69) is 22.9 Å². The number of aromatic amines is 1. The first-order valence-corrected chi connectivity index (χ1v) is 11.6. The summed E-state index contributed by atoms with van der Waals surface area (Å²) in [4.78, 5) is 35.3. The van der Waals surface area contributed by atoms with Gasteiger partial charge < -0.3 is 19.5 Å². The van der Waals surface area contributed by atoms with Gasteiger partial charge in [0.1, 0.15) is 0 Å². The molecule has 0 saturated carbocycles. The highest BCUT2D eigenvalue weighted by molar-refractivity contribution is 5.99. The number of aromatic nitrogens is 1. The Morgan fingerprint density at radius 2 is 1.81 bits per heavy atom. The maximum Gasteiger partial charge on any atom is 0.253 e. The Balaban J connectivity index is 1.22. The summed E-state index contributed by atoms with van der Waals surface area (Å²) in [5, 5.41) is 1.20. The number of nitrogens with one attached hydrogen (secondary N) is 1. The van der Waals surface area contributed by atoms with Gasteiger partial charge in [-0.25, -0.2) is 0 Å². The van der Waals surface area contributed by atoms with Crippen molar-refractivity contribution in [1.29, 1.82) is 0 Å². The van der Waals surface area contributed by atoms with Crippen molar-refractivity contribution in [3.05, 3.63) is 35.0 Å². The second kappa shape index (κ2) is 8.63. The van der Waals surface area contributed by atoms with Crippen LogP contribution in [-0.2, 0) is 22.4 Å². The number of amides is 2. The SMILES string of the molecule is CC1CCc2[nH]c3ccc(C(=O)N4CCN(C(=O)CN5CCOCC5)CC4)cc3c2C1. The molecule has 3 aliphatic rings. The summed E-state index contributed by atoms with van der Waals surface area (Å²) in [5.74, 6) is 0.915. The third kappa shape index (κ3) is 4.21. The molecule has 1 N–H and O–H groups in total. The molecule has 1 atom stereocenters. The first-order chi connectivity index (χ1) is 15.1. The van der Waals surface area contributed by atoms with Gasteiger partial charge in [0.2, 0.25) is 5.91 Å². The Kier molecular flexibility index (Phi) is 5.71. The highest BCUT2D eigenvalue weighted by Crippen LogP contribution is 2.32. The average Bonchev–Trinajstić information content (AvgIpc) is 3.16. The number of hydrogen-bond donors (Lipinski definition) is 1. The van der Waals surface area contributed by atoms with Gasteiger partial charge in [-0.2, -0.15) is 0 Å². The first kappa shape index (κ1) is 20.5. The van der Waals surface area contributed by atoms with Crippen LogP contribution < -0.4 is 0 Å². The maximum atomic E-state index is 13.2. The zero-order chi connectivity index (χ0) is 21.4. The van der Waals surface area contributed by atoms with E-state index in [1.807, 2.05) is 21.9 Å². The van der Waals surface area contributed by atoms with Crippen LogP contribution in [0.2, 0.25) is 0 Å². The minimum absolute atomic E-state index is 0.0704. The molecule has 2 aromatic rings. The molecule has 2 amide bonds. The molecular weight excluding hydrogens is 392 g/mol. The molecule has 1 aromatic carbocycles. The van der Waals surface area contributed by atoms with Crippen LogP contribution in [0.5, 0.6) is 0 Å². The lowest BCUT2D eigenvalue weighted by Crippen LogP contribution is -2.53. The van der Waals surface area contributed by atoms with Crippen molar-refractivity contribution in [1.82, 2.24) is 19.7 Å². The van der Waals surface area contributed by atoms with Crippen LogP contribution in [0.3, 0.4) is 0 Å². The Hall–Kier alpha value is -2.38. The number of H-pyrrole nitrogens is 1. The smallest absolute Gasteiger partial charge is 0.253 e. The lowest BCUT2D eigenvalue weighted by molar-refractivity contribution is -0.134. The van der Waals surface area contributed by atoms with E-state index >= 15 is 0 Å². The maximum absolute atomic E-state index is 13.2. The number of piperazine rings is 1. The van der Waals surface area contributed by atoms with E-state index in [9.17, 15) is 9.59 Å². The van der Waals surface area contributed by atoms with Gasteiger partial charge in [-0.1, -0.05) is 6.92 Å². The van der Waals surface area contributed by atoms with Gasteiger partial charge in [-0.3, -0.25) is 14.5 Å². The normalized spacial score (nSPS) is 22.5. The van der Waals surface area contributed by atoms with E-state index < -0.39 is 0 Å². The summed E-state index contributed by atoms with van der Waals surface area (Å²) in [7, 11) is 0. The van der Waals surface area contributed by atoms with Crippen LogP contribution in [0.4, 0.5) is 0 Å². The molecule has 3 heterocycles. The molecule has 7 heteroatoms. The van der Waals surface area contributed by atoms with E-state index in [4.69, 9.17) is 4.74 Å². The van der Waals surface area contributed by atoms with Gasteiger partial charge in [-0.15, -0.1) is 0 Å². The Labute approximate surface area is 183 Å². The van der Waals surface area contributed by atoms with Crippen molar-refractivity contribution in [3.8, 4) is 0 Å². The third-order valence-corrected chi connectivity index (χ3v) is 7.06. The van der Waals surface area contributed by atoms with Crippen molar-refractivity contribution in [2.24, 2.45) is 5.92 Å². The van der Waals surface area contributed by atoms with Gasteiger partial charge in [0.25, 0.3) is 5.91 Å². The molecule has 1 aromatic heterocycles. The van der Waals surface area contributed by atoms with Crippen LogP contribution in [0.1, 0.15) is 35.0 Å². The molecule has 2 fully saturated rings. The lowest BCUT2D eigenvalue weighted by Gasteiger charge is -2.36. The number of nitrogens with zero attached hydrogens (tertiary/aromatic N) is 3. The molecule has 5 rings (SSSR count). The summed E-state index contributed by atoms with van der Waals surface area (Å²) >= 11 is 0. The fraction of sp³-hybridized carbons (Fsp3) is 0.583. The molecule has 2 saturated heterocycles. The van der Waals surface area contributed by atoms with Crippen LogP contribution in [0.15, 0.2) is 18.2 Å². The molecule has 2 aliphatic heterocycles. The predicted molar refractivity (Wildman–Crippen MR) is 119 cm³/mol. The van der Waals surface area contributed by atoms with Crippen LogP contribution >= 0.6 is 0 Å². The monoisotopic (exact) mass is 424 g/mol. The fourth-order valence-corrected chi connectivity index (χ4v) is 5.12. The van der Waals surface area contributed by atoms with Crippen LogP contribution in [-0.4, -0.2) is 90.5 Å². The van der Waals surface area contributed by atoms with Gasteiger partial charge in [-0.05, 0) is 48.9 Å². The van der Waals surface area contributed by atoms with Crippen LogP contribution in [0, 0.1) is 5.92 Å². The van der Waals surface area contributed by atoms with Gasteiger partial charge in [0, 0.05) is 61.4 Å². The van der Waals surface area contributed by atoms with E-state index in [0.717, 1.165) is 37.0 Å². The number of carbonyl (C=O) groups excluding carboxylic acids is 2. The summed E-state index contributed by atoms with van der Waals surface area (Å²) in [6, 6.07) is 6.06. The minimum Gasteiger partial charge on any atom is -0.379 e. The summed E-state index contributed by atoms with van der Waals surface area (Å²) in [6.07, 6.45) is 3.39. The Morgan fingerprint density at radius 3 is 2.58 bits per heavy atom. The topological polar surface area (TPSA) is 68.9 Å². The van der Waals surface area contributed by atoms with Crippen molar-refractivity contribution in [2.75, 3.05) is 59.0 Å². The largest absolute Gasteiger partial charge is 0.379 e. The summed E-state index contributed by atoms with van der Waals surface area (Å²) in [6.45, 7) is 8.17. The first-order valence-electron chi connectivity index (χ1n) is 11.6. The molecule has 0 spiro atoms. The van der Waals surface area contributed by atoms with E-state index in [1.165, 1.54) is 23.1 Å². The molecule has 1 aliphatic carbocycles. The third-order valence-electron chi connectivity index (χ3n) is 7.06. The fourth-order valence-electron chi connectivity index (χ4n) is 5.12. The number of fused-ring (bicyclic) bond motifs is 3. The number of ether oxygens (including phenoxy) is 1. The lowest BCUT2D eigenvalue weighted by atomic mass is 9.87. The van der Waals surface area contributed by atoms with Crippen molar-refractivity contribution >= 4 is 22.7 Å². The number of morpholine rings is 1. The van der Waals surface area contributed by atoms with E-state index in [-0.39, 0.29) is 11.8 Å². The highest BCUT2D eigenvalue weighted by Gasteiger charge is 2.27. The number of benzene rings is 1. The average molecular weight is 425 g/mol. The standard InChI is InChI=1S/C24H32N4O3/c1-17-2-4-21-19(14-17)20-15-18(3-5-22(20)25-21)24(30)28-8-6-27(7-9-28)23(29)16-26-10-12-31-13-11-26/h3,5,15,17,25H,2,4,6-14,16H2,1H3. The Bertz CT molecular complexity index is 971. The minimum atomic E-state index is 0.0704. The van der Waals surface area contributed by atoms with Crippen molar-refractivity contribution < 1.29 is 14.3 Å². The summed E-state index contributed by atoms with van der Waals surface area (Å²) < 4.78 is 5.35. The molecular formula is C24H32N4O3. The van der Waals surface area contributed by atoms with E-state index in [1.54, 1.807) is 0 Å². The van der Waals surface area contributed by atoms with Crippen molar-refractivity contribution in [2.45, 2.75) is 26.2 Å². The van der Waals surface area contributed by atoms with Gasteiger partial charge in [0.15, 0.2) is 0 Å². The zero-order valence-electron chi connectivity index (χ0n) is 18.4. The second-order valence-corrected chi connectivity index (χ2v) is 9.25. The number of carbonyl (C=O) groups is 2. The number of hydrogen-bond acceptors (Lipinski definition) is 4. The summed E-state index contributed by atoms with van der Waals surface area (Å²) in [5.41, 5.74) is 4.61. The second-order valence-electron chi connectivity index (χ2n) is 9.25. The highest BCUT2D eigenvalue weighted by atomic mass is 16.5. The van der Waals surface area contributed by atoms with Gasteiger partial charge >= 0.3 is 0 Å².